The number of hydrazine groups is 1. The van der Waals surface area contributed by atoms with Crippen LogP contribution >= 0.6 is 15.9 Å². The maximum absolute atomic E-state index is 12.7. The van der Waals surface area contributed by atoms with Gasteiger partial charge in [0.25, 0.3) is 11.8 Å². The number of hydrogen-bond acceptors (Lipinski definition) is 5. The smallest absolute Gasteiger partial charge is 0.312 e. The van der Waals surface area contributed by atoms with Crippen LogP contribution in [0.25, 0.3) is 6.08 Å². The lowest BCUT2D eigenvalue weighted by Gasteiger charge is -2.14. The topological polar surface area (TPSA) is 102 Å². The van der Waals surface area contributed by atoms with Gasteiger partial charge in [-0.15, -0.1) is 6.42 Å². The molecule has 3 rings (SSSR count). The van der Waals surface area contributed by atoms with E-state index in [2.05, 4.69) is 27.3 Å². The first-order valence-corrected chi connectivity index (χ1v) is 8.68. The van der Waals surface area contributed by atoms with Gasteiger partial charge in [0, 0.05) is 16.1 Å². The van der Waals surface area contributed by atoms with E-state index in [9.17, 15) is 19.7 Å². The summed E-state index contributed by atoms with van der Waals surface area (Å²) < 4.78 is 5.71. The molecule has 2 aromatic rings. The van der Waals surface area contributed by atoms with Crippen LogP contribution in [0.2, 0.25) is 0 Å². The lowest BCUT2D eigenvalue weighted by molar-refractivity contribution is -0.385. The number of nitro benzene ring substituents is 1. The standard InChI is InChI=1S/C19H12BrN3O5/c1-2-8-28-17-12(9-13(20)11-16(17)23(26)27)10-15-18(24)21-22(19(15)25)14-6-4-3-5-7-14/h1,3-7,9-11H,8H2,(H,21,24)/b15-10-. The third kappa shape index (κ3) is 3.72. The average Bonchev–Trinajstić information content (AvgIpc) is 2.95. The van der Waals surface area contributed by atoms with Crippen molar-refractivity contribution in [2.45, 2.75) is 0 Å². The number of rotatable bonds is 5. The Labute approximate surface area is 168 Å². The minimum absolute atomic E-state index is 0.127. The van der Waals surface area contributed by atoms with Gasteiger partial charge in [-0.25, -0.2) is 5.01 Å². The van der Waals surface area contributed by atoms with Gasteiger partial charge >= 0.3 is 5.69 Å². The fraction of sp³-hybridized carbons (Fsp3) is 0.0526. The lowest BCUT2D eigenvalue weighted by Crippen LogP contribution is -2.35. The van der Waals surface area contributed by atoms with E-state index in [4.69, 9.17) is 11.2 Å². The summed E-state index contributed by atoms with van der Waals surface area (Å²) in [5, 5.41) is 12.5. The number of terminal acetylenes is 1. The number of nitrogens with one attached hydrogen (secondary N) is 1. The maximum Gasteiger partial charge on any atom is 0.312 e. The molecule has 1 aliphatic rings. The second kappa shape index (κ2) is 7.94. The van der Waals surface area contributed by atoms with Crippen LogP contribution in [0.3, 0.4) is 0 Å². The summed E-state index contributed by atoms with van der Waals surface area (Å²) >= 11 is 3.19. The molecule has 1 aliphatic heterocycles. The normalized spacial score (nSPS) is 14.7. The van der Waals surface area contributed by atoms with Crippen molar-refractivity contribution in [3.05, 3.63) is 68.2 Å². The van der Waals surface area contributed by atoms with Crippen LogP contribution in [-0.2, 0) is 9.59 Å². The van der Waals surface area contributed by atoms with Gasteiger partial charge in [-0.05, 0) is 24.3 Å². The number of nitrogens with zero attached hydrogens (tertiary/aromatic N) is 2. The zero-order chi connectivity index (χ0) is 20.3. The van der Waals surface area contributed by atoms with Crippen LogP contribution in [0.5, 0.6) is 5.75 Å². The molecule has 0 unspecified atom stereocenters. The van der Waals surface area contributed by atoms with Crippen molar-refractivity contribution in [2.75, 3.05) is 11.6 Å². The number of hydrogen-bond donors (Lipinski definition) is 1. The maximum atomic E-state index is 12.7. The highest BCUT2D eigenvalue weighted by molar-refractivity contribution is 9.10. The first-order chi connectivity index (χ1) is 13.4. The van der Waals surface area contributed by atoms with Crippen molar-refractivity contribution in [1.29, 1.82) is 0 Å². The Morgan fingerprint density at radius 1 is 1.29 bits per heavy atom. The van der Waals surface area contributed by atoms with Gasteiger partial charge in [0.2, 0.25) is 5.75 Å². The van der Waals surface area contributed by atoms with Crippen LogP contribution in [0.4, 0.5) is 11.4 Å². The molecule has 0 aromatic heterocycles. The van der Waals surface area contributed by atoms with Gasteiger partial charge in [0.05, 0.1) is 10.6 Å². The highest BCUT2D eigenvalue weighted by Gasteiger charge is 2.35. The van der Waals surface area contributed by atoms with Crippen molar-refractivity contribution in [3.8, 4) is 18.1 Å². The molecule has 0 atom stereocenters. The Hall–Kier alpha value is -3.64. The first kappa shape index (κ1) is 19.1. The van der Waals surface area contributed by atoms with Gasteiger partial charge in [-0.3, -0.25) is 25.1 Å². The molecule has 1 heterocycles. The van der Waals surface area contributed by atoms with Gasteiger partial charge in [-0.1, -0.05) is 40.0 Å². The lowest BCUT2D eigenvalue weighted by atomic mass is 10.1. The predicted molar refractivity (Wildman–Crippen MR) is 105 cm³/mol. The Balaban J connectivity index is 2.07. The second-order valence-electron chi connectivity index (χ2n) is 5.57. The number of carbonyl (C=O) groups excluding carboxylic acids is 2. The molecule has 2 amide bonds. The molecule has 140 valence electrons. The molecule has 1 saturated heterocycles. The van der Waals surface area contributed by atoms with E-state index in [1.807, 2.05) is 0 Å². The molecule has 0 radical (unpaired) electrons. The molecular weight excluding hydrogens is 430 g/mol. The van der Waals surface area contributed by atoms with Crippen LogP contribution in [-0.4, -0.2) is 23.3 Å². The summed E-state index contributed by atoms with van der Waals surface area (Å²) in [6, 6.07) is 11.3. The molecule has 2 aromatic carbocycles. The average molecular weight is 442 g/mol. The SMILES string of the molecule is C#CCOc1c(/C=C2/C(=O)NN(c3ccccc3)C2=O)cc(Br)cc1[N+](=O)[O-]. The van der Waals surface area contributed by atoms with Gasteiger partial charge < -0.3 is 4.74 Å². The fourth-order valence-corrected chi connectivity index (χ4v) is 3.05. The summed E-state index contributed by atoms with van der Waals surface area (Å²) in [6.07, 6.45) is 6.42. The van der Waals surface area contributed by atoms with Gasteiger partial charge in [0.15, 0.2) is 0 Å². The van der Waals surface area contributed by atoms with Crippen molar-refractivity contribution in [3.63, 3.8) is 0 Å². The van der Waals surface area contributed by atoms with Crippen LogP contribution < -0.4 is 15.2 Å². The van der Waals surface area contributed by atoms with E-state index in [1.165, 1.54) is 18.2 Å². The number of nitro groups is 1. The highest BCUT2D eigenvalue weighted by atomic mass is 79.9. The number of halogens is 1. The third-order valence-electron chi connectivity index (χ3n) is 3.77. The van der Waals surface area contributed by atoms with E-state index < -0.39 is 16.7 Å². The van der Waals surface area contributed by atoms with Crippen LogP contribution in [0.1, 0.15) is 5.56 Å². The molecule has 1 N–H and O–H groups in total. The monoisotopic (exact) mass is 441 g/mol. The predicted octanol–water partition coefficient (Wildman–Crippen LogP) is 2.83. The second-order valence-corrected chi connectivity index (χ2v) is 6.48. The number of carbonyl (C=O) groups is 2. The zero-order valence-electron chi connectivity index (χ0n) is 14.2. The Morgan fingerprint density at radius 3 is 2.64 bits per heavy atom. The van der Waals surface area contributed by atoms with E-state index >= 15 is 0 Å². The highest BCUT2D eigenvalue weighted by Crippen LogP contribution is 2.36. The van der Waals surface area contributed by atoms with Gasteiger partial charge in [-0.2, -0.15) is 0 Å². The summed E-state index contributed by atoms with van der Waals surface area (Å²) in [6.45, 7) is -0.213. The van der Waals surface area contributed by atoms with Crippen molar-refractivity contribution >= 4 is 45.2 Å². The summed E-state index contributed by atoms with van der Waals surface area (Å²) in [5.41, 5.74) is 2.58. The van der Waals surface area contributed by atoms with E-state index in [-0.39, 0.29) is 29.2 Å². The molecule has 1 fully saturated rings. The molecule has 0 saturated carbocycles. The minimum atomic E-state index is -0.639. The molecule has 8 nitrogen and oxygen atoms in total. The summed E-state index contributed by atoms with van der Waals surface area (Å²) in [7, 11) is 0. The number of amides is 2. The van der Waals surface area contributed by atoms with Crippen LogP contribution in [0.15, 0.2) is 52.5 Å². The Morgan fingerprint density at radius 2 is 2.00 bits per heavy atom. The first-order valence-electron chi connectivity index (χ1n) is 7.88. The molecular formula is C19H12BrN3O5. The summed E-state index contributed by atoms with van der Waals surface area (Å²) in [4.78, 5) is 35.8. The minimum Gasteiger partial charge on any atom is -0.473 e. The zero-order valence-corrected chi connectivity index (χ0v) is 15.8. The largest absolute Gasteiger partial charge is 0.473 e. The molecule has 0 spiro atoms. The number of para-hydroxylation sites is 1. The molecule has 9 heteroatoms. The van der Waals surface area contributed by atoms with E-state index in [0.29, 0.717) is 10.2 Å². The van der Waals surface area contributed by atoms with E-state index in [0.717, 1.165) is 5.01 Å². The van der Waals surface area contributed by atoms with Crippen molar-refractivity contribution in [1.82, 2.24) is 5.43 Å². The number of anilines is 1. The summed E-state index contributed by atoms with van der Waals surface area (Å²) in [5.74, 6) is 0.870. The van der Waals surface area contributed by atoms with Crippen molar-refractivity contribution in [2.24, 2.45) is 0 Å². The van der Waals surface area contributed by atoms with E-state index in [1.54, 1.807) is 30.3 Å². The Kier molecular flexibility index (Phi) is 5.42. The quantitative estimate of drug-likeness (QED) is 0.252. The third-order valence-corrected chi connectivity index (χ3v) is 4.22. The number of benzene rings is 2. The molecule has 0 bridgehead atoms. The Bertz CT molecular complexity index is 1040. The molecule has 0 aliphatic carbocycles. The molecule has 28 heavy (non-hydrogen) atoms. The fourth-order valence-electron chi connectivity index (χ4n) is 2.59. The van der Waals surface area contributed by atoms with Crippen molar-refractivity contribution < 1.29 is 19.2 Å². The van der Waals surface area contributed by atoms with Crippen LogP contribution in [0, 0.1) is 22.5 Å². The van der Waals surface area contributed by atoms with Gasteiger partial charge in [0.1, 0.15) is 12.2 Å². The number of ether oxygens (including phenoxy) is 1.